The van der Waals surface area contributed by atoms with E-state index in [1.807, 2.05) is 36.4 Å². The van der Waals surface area contributed by atoms with Crippen LogP contribution < -0.4 is 18.9 Å². The highest BCUT2D eigenvalue weighted by Crippen LogP contribution is 2.36. The Morgan fingerprint density at radius 3 is 0.800 bits per heavy atom. The molecule has 0 fully saturated rings. The minimum Gasteiger partial charge on any atom is -0.493 e. The average molecular weight is 657 g/mol. The van der Waals surface area contributed by atoms with Gasteiger partial charge in [0.2, 0.25) is 0 Å². The van der Waals surface area contributed by atoms with E-state index in [4.69, 9.17) is 28.9 Å². The molecule has 7 aromatic rings. The topological polar surface area (TPSA) is 62.7 Å². The van der Waals surface area contributed by atoms with E-state index in [1.165, 1.54) is 0 Å². The smallest absolute Gasteiger partial charge is 0.161 e. The Labute approximate surface area is 292 Å². The molecule has 246 valence electrons. The van der Waals surface area contributed by atoms with E-state index in [0.29, 0.717) is 23.0 Å². The van der Waals surface area contributed by atoms with Crippen molar-refractivity contribution in [2.45, 2.75) is 0 Å². The Morgan fingerprint density at radius 1 is 0.280 bits per heavy atom. The first-order valence-electron chi connectivity index (χ1n) is 16.3. The quantitative estimate of drug-likeness (QED) is 0.146. The summed E-state index contributed by atoms with van der Waals surface area (Å²) < 4.78 is 21.7. The van der Waals surface area contributed by atoms with Crippen molar-refractivity contribution in [1.82, 2.24) is 9.97 Å². The second-order valence-corrected chi connectivity index (χ2v) is 11.7. The molecule has 6 aromatic carbocycles. The molecule has 0 saturated heterocycles. The Balaban J connectivity index is 1.08. The van der Waals surface area contributed by atoms with E-state index in [9.17, 15) is 0 Å². The minimum atomic E-state index is 0.710. The van der Waals surface area contributed by atoms with Crippen molar-refractivity contribution in [2.75, 3.05) is 28.4 Å². The molecular weight excluding hydrogens is 620 g/mol. The Hall–Kier alpha value is -6.40. The molecule has 0 saturated carbocycles. The summed E-state index contributed by atoms with van der Waals surface area (Å²) in [6.45, 7) is 0. The third kappa shape index (κ3) is 6.51. The summed E-state index contributed by atoms with van der Waals surface area (Å²) in [5, 5.41) is 0. The van der Waals surface area contributed by atoms with Gasteiger partial charge < -0.3 is 18.9 Å². The van der Waals surface area contributed by atoms with Gasteiger partial charge in [0, 0.05) is 23.5 Å². The van der Waals surface area contributed by atoms with Crippen molar-refractivity contribution >= 4 is 0 Å². The largest absolute Gasteiger partial charge is 0.493 e. The molecule has 0 atom stereocenters. The van der Waals surface area contributed by atoms with Crippen molar-refractivity contribution in [3.05, 3.63) is 146 Å². The summed E-state index contributed by atoms with van der Waals surface area (Å²) in [7, 11) is 6.59. The molecule has 7 rings (SSSR count). The Bertz CT molecular complexity index is 2070. The maximum absolute atomic E-state index is 5.49. The summed E-state index contributed by atoms with van der Waals surface area (Å²) in [5.74, 6) is 2.85. The lowest BCUT2D eigenvalue weighted by molar-refractivity contribution is 0.355. The molecule has 0 radical (unpaired) electrons. The number of rotatable bonds is 10. The molecule has 1 aromatic heterocycles. The summed E-state index contributed by atoms with van der Waals surface area (Å²) in [6, 6.07) is 46.0. The zero-order chi connectivity index (χ0) is 34.5. The predicted molar refractivity (Wildman–Crippen MR) is 201 cm³/mol. The highest BCUT2D eigenvalue weighted by molar-refractivity contribution is 5.81. The van der Waals surface area contributed by atoms with Crippen LogP contribution in [0, 0.1) is 0 Å². The van der Waals surface area contributed by atoms with E-state index in [-0.39, 0.29) is 0 Å². The Kier molecular flexibility index (Phi) is 9.25. The van der Waals surface area contributed by atoms with Gasteiger partial charge in [0.1, 0.15) is 0 Å². The van der Waals surface area contributed by atoms with Crippen molar-refractivity contribution in [3.63, 3.8) is 0 Å². The second kappa shape index (κ2) is 14.4. The third-order valence-corrected chi connectivity index (χ3v) is 8.89. The molecule has 0 N–H and O–H groups in total. The van der Waals surface area contributed by atoms with Gasteiger partial charge in [0.05, 0.1) is 39.8 Å². The van der Waals surface area contributed by atoms with E-state index in [1.54, 1.807) is 40.8 Å². The number of benzene rings is 6. The standard InChI is InChI=1S/C44H36N2O4/c1-47-39-23-21-37(27-41(39)49-3)33-9-5-29(6-10-33)31-13-17-35(18-14-31)43-44(46-26-25-45-43)36-19-15-32(16-20-36)30-7-11-34(12-8-30)38-22-24-40(48-2)42(28-38)50-4/h5-28H,1-4H3. The average Bonchev–Trinajstić information content (AvgIpc) is 3.20. The summed E-state index contributed by atoms with van der Waals surface area (Å²) in [5.41, 5.74) is 12.6. The van der Waals surface area contributed by atoms with Crippen LogP contribution in [0.1, 0.15) is 0 Å². The molecule has 0 amide bonds. The lowest BCUT2D eigenvalue weighted by Gasteiger charge is -2.11. The maximum atomic E-state index is 5.49. The number of aromatic nitrogens is 2. The van der Waals surface area contributed by atoms with Crippen molar-refractivity contribution in [1.29, 1.82) is 0 Å². The Morgan fingerprint density at radius 2 is 0.520 bits per heavy atom. The van der Waals surface area contributed by atoms with Gasteiger partial charge in [-0.1, -0.05) is 109 Å². The molecule has 0 aliphatic carbocycles. The lowest BCUT2D eigenvalue weighted by Crippen LogP contribution is -1.93. The van der Waals surface area contributed by atoms with Crippen molar-refractivity contribution in [3.8, 4) is 90.0 Å². The third-order valence-electron chi connectivity index (χ3n) is 8.89. The second-order valence-electron chi connectivity index (χ2n) is 11.7. The monoisotopic (exact) mass is 656 g/mol. The highest BCUT2D eigenvalue weighted by Gasteiger charge is 2.13. The van der Waals surface area contributed by atoms with Crippen LogP contribution in [0.4, 0.5) is 0 Å². The zero-order valence-electron chi connectivity index (χ0n) is 28.4. The molecule has 6 nitrogen and oxygen atoms in total. The number of hydrogen-bond donors (Lipinski definition) is 0. The fourth-order valence-corrected chi connectivity index (χ4v) is 6.14. The molecule has 6 heteroatoms. The normalized spacial score (nSPS) is 10.8. The predicted octanol–water partition coefficient (Wildman–Crippen LogP) is 10.5. The van der Waals surface area contributed by atoms with E-state index in [0.717, 1.165) is 67.0 Å². The van der Waals surface area contributed by atoms with Gasteiger partial charge in [0.15, 0.2) is 23.0 Å². The van der Waals surface area contributed by atoms with Crippen LogP contribution in [0.25, 0.3) is 67.0 Å². The number of methoxy groups -OCH3 is 4. The lowest BCUT2D eigenvalue weighted by atomic mass is 9.97. The van der Waals surface area contributed by atoms with Crippen molar-refractivity contribution in [2.24, 2.45) is 0 Å². The molecule has 0 bridgehead atoms. The molecule has 0 unspecified atom stereocenters. The van der Waals surface area contributed by atoms with Gasteiger partial charge in [0.25, 0.3) is 0 Å². The number of hydrogen-bond acceptors (Lipinski definition) is 6. The van der Waals surface area contributed by atoms with Crippen LogP contribution in [0.3, 0.4) is 0 Å². The van der Waals surface area contributed by atoms with Crippen LogP contribution in [0.15, 0.2) is 146 Å². The molecular formula is C44H36N2O4. The molecule has 0 aliphatic heterocycles. The number of ether oxygens (including phenoxy) is 4. The van der Waals surface area contributed by atoms with Crippen LogP contribution >= 0.6 is 0 Å². The zero-order valence-corrected chi connectivity index (χ0v) is 28.4. The van der Waals surface area contributed by atoms with E-state index < -0.39 is 0 Å². The fraction of sp³-hybridized carbons (Fsp3) is 0.0909. The number of nitrogens with zero attached hydrogens (tertiary/aromatic N) is 2. The van der Waals surface area contributed by atoms with Gasteiger partial charge in [-0.05, 0) is 68.8 Å². The first-order chi connectivity index (χ1) is 24.6. The molecule has 1 heterocycles. The van der Waals surface area contributed by atoms with Crippen LogP contribution in [-0.2, 0) is 0 Å². The minimum absolute atomic E-state index is 0.710. The first-order valence-corrected chi connectivity index (χ1v) is 16.3. The molecule has 0 aliphatic rings. The first kappa shape index (κ1) is 32.2. The molecule has 0 spiro atoms. The van der Waals surface area contributed by atoms with Gasteiger partial charge in [-0.15, -0.1) is 0 Å². The van der Waals surface area contributed by atoms with Gasteiger partial charge in [-0.2, -0.15) is 0 Å². The van der Waals surface area contributed by atoms with Crippen LogP contribution in [0.2, 0.25) is 0 Å². The summed E-state index contributed by atoms with van der Waals surface area (Å²) in [4.78, 5) is 9.49. The van der Waals surface area contributed by atoms with Gasteiger partial charge in [-0.25, -0.2) is 0 Å². The fourth-order valence-electron chi connectivity index (χ4n) is 6.14. The SMILES string of the molecule is COc1ccc(-c2ccc(-c3ccc(-c4nccnc4-c4ccc(-c5ccc(-c6ccc(OC)c(OC)c6)cc5)cc4)cc3)cc2)cc1OC. The summed E-state index contributed by atoms with van der Waals surface area (Å²) in [6.07, 6.45) is 3.49. The van der Waals surface area contributed by atoms with Gasteiger partial charge >= 0.3 is 0 Å². The van der Waals surface area contributed by atoms with Crippen molar-refractivity contribution < 1.29 is 18.9 Å². The van der Waals surface area contributed by atoms with Crippen LogP contribution in [-0.4, -0.2) is 38.4 Å². The maximum Gasteiger partial charge on any atom is 0.161 e. The highest BCUT2D eigenvalue weighted by atomic mass is 16.5. The van der Waals surface area contributed by atoms with E-state index >= 15 is 0 Å². The van der Waals surface area contributed by atoms with E-state index in [2.05, 4.69) is 97.1 Å². The van der Waals surface area contributed by atoms with Gasteiger partial charge in [-0.3, -0.25) is 9.97 Å². The summed E-state index contributed by atoms with van der Waals surface area (Å²) >= 11 is 0. The molecule has 50 heavy (non-hydrogen) atoms. The van der Waals surface area contributed by atoms with Crippen LogP contribution in [0.5, 0.6) is 23.0 Å².